The Morgan fingerprint density at radius 1 is 0.917 bits per heavy atom. The molecule has 0 aromatic heterocycles. The summed E-state index contributed by atoms with van der Waals surface area (Å²) in [7, 11) is 0. The summed E-state index contributed by atoms with van der Waals surface area (Å²) in [5, 5.41) is 0.377. The van der Waals surface area contributed by atoms with Crippen LogP contribution in [0.15, 0.2) is 48.5 Å². The number of nitrogens with one attached hydrogen (secondary N) is 2. The van der Waals surface area contributed by atoms with Crippen LogP contribution >= 0.6 is 11.6 Å². The number of hydrogen-bond acceptors (Lipinski definition) is 4. The number of carbonyl (C=O) groups excluding carboxylic acids is 2. The van der Waals surface area contributed by atoms with Gasteiger partial charge in [0.2, 0.25) is 0 Å². The molecule has 2 N–H and O–H groups in total. The predicted octanol–water partition coefficient (Wildman–Crippen LogP) is 2.08. The summed E-state index contributed by atoms with van der Waals surface area (Å²) in [6.07, 6.45) is 0. The molecular weight excluding hydrogens is 339 g/mol. The zero-order valence-corrected chi connectivity index (χ0v) is 13.2. The number of para-hydroxylation sites is 1. The Balaban J connectivity index is 1.66. The molecule has 2 amide bonds. The second-order valence-electron chi connectivity index (χ2n) is 4.56. The number of amides is 2. The van der Waals surface area contributed by atoms with Crippen LogP contribution in [0.1, 0.15) is 0 Å². The van der Waals surface area contributed by atoms with Crippen molar-refractivity contribution in [2.75, 3.05) is 13.2 Å². The third-order valence-corrected chi connectivity index (χ3v) is 3.03. The molecule has 0 aliphatic heterocycles. The number of rotatable bonds is 6. The van der Waals surface area contributed by atoms with Gasteiger partial charge in [-0.2, -0.15) is 0 Å². The van der Waals surface area contributed by atoms with Crippen molar-refractivity contribution in [1.29, 1.82) is 0 Å². The van der Waals surface area contributed by atoms with E-state index in [4.69, 9.17) is 21.1 Å². The first kappa shape index (κ1) is 17.6. The minimum Gasteiger partial charge on any atom is -0.484 e. The molecule has 2 aromatic rings. The van der Waals surface area contributed by atoms with E-state index in [0.29, 0.717) is 16.5 Å². The first-order valence-electron chi connectivity index (χ1n) is 6.88. The van der Waals surface area contributed by atoms with Gasteiger partial charge in [0.05, 0.1) is 5.02 Å². The van der Waals surface area contributed by atoms with E-state index < -0.39 is 17.6 Å². The minimum absolute atomic E-state index is 0.317. The normalized spacial score (nSPS) is 9.92. The van der Waals surface area contributed by atoms with Crippen LogP contribution in [-0.2, 0) is 9.59 Å². The van der Waals surface area contributed by atoms with Crippen LogP contribution < -0.4 is 20.3 Å². The van der Waals surface area contributed by atoms with E-state index >= 15 is 0 Å². The highest BCUT2D eigenvalue weighted by molar-refractivity contribution is 6.32. The van der Waals surface area contributed by atoms with E-state index in [-0.39, 0.29) is 13.2 Å². The Labute approximate surface area is 142 Å². The monoisotopic (exact) mass is 352 g/mol. The molecule has 0 saturated heterocycles. The SMILES string of the molecule is O=C(COc1ccc(F)cc1)NNC(=O)COc1ccccc1Cl. The van der Waals surface area contributed by atoms with Gasteiger partial charge in [0, 0.05) is 0 Å². The minimum atomic E-state index is -0.578. The summed E-state index contributed by atoms with van der Waals surface area (Å²) in [6.45, 7) is -0.653. The lowest BCUT2D eigenvalue weighted by molar-refractivity contribution is -0.131. The van der Waals surface area contributed by atoms with Crippen LogP contribution in [0.5, 0.6) is 11.5 Å². The van der Waals surface area contributed by atoms with Gasteiger partial charge in [-0.3, -0.25) is 20.4 Å². The van der Waals surface area contributed by atoms with E-state index in [0.717, 1.165) is 0 Å². The van der Waals surface area contributed by atoms with Gasteiger partial charge in [-0.25, -0.2) is 4.39 Å². The second kappa shape index (κ2) is 8.73. The average molecular weight is 353 g/mol. The standard InChI is InChI=1S/C16H14ClFN2O4/c17-13-3-1-2-4-14(13)24-10-16(22)20-19-15(21)9-23-12-7-5-11(18)6-8-12/h1-8H,9-10H2,(H,19,21)(H,20,22). The lowest BCUT2D eigenvalue weighted by Gasteiger charge is -2.10. The highest BCUT2D eigenvalue weighted by Crippen LogP contribution is 2.22. The Morgan fingerprint density at radius 2 is 1.50 bits per heavy atom. The Bertz CT molecular complexity index is 709. The molecule has 0 atom stereocenters. The van der Waals surface area contributed by atoms with Crippen molar-refractivity contribution in [3.8, 4) is 11.5 Å². The van der Waals surface area contributed by atoms with Gasteiger partial charge in [0.15, 0.2) is 13.2 Å². The number of halogens is 2. The lowest BCUT2D eigenvalue weighted by atomic mass is 10.3. The van der Waals surface area contributed by atoms with Crippen molar-refractivity contribution >= 4 is 23.4 Å². The fraction of sp³-hybridized carbons (Fsp3) is 0.125. The molecular formula is C16H14ClFN2O4. The maximum atomic E-state index is 12.7. The van der Waals surface area contributed by atoms with E-state index in [9.17, 15) is 14.0 Å². The van der Waals surface area contributed by atoms with Gasteiger partial charge < -0.3 is 9.47 Å². The van der Waals surface area contributed by atoms with E-state index in [1.165, 1.54) is 24.3 Å². The van der Waals surface area contributed by atoms with E-state index in [1.807, 2.05) is 0 Å². The van der Waals surface area contributed by atoms with Crippen molar-refractivity contribution < 1.29 is 23.5 Å². The van der Waals surface area contributed by atoms with Crippen molar-refractivity contribution in [2.24, 2.45) is 0 Å². The molecule has 6 nitrogen and oxygen atoms in total. The number of benzene rings is 2. The van der Waals surface area contributed by atoms with Gasteiger partial charge in [-0.05, 0) is 36.4 Å². The molecule has 2 rings (SSSR count). The Hall–Kier alpha value is -2.80. The van der Waals surface area contributed by atoms with Gasteiger partial charge in [-0.15, -0.1) is 0 Å². The van der Waals surface area contributed by atoms with Crippen LogP contribution in [0.4, 0.5) is 4.39 Å². The molecule has 0 aliphatic carbocycles. The van der Waals surface area contributed by atoms with Crippen LogP contribution in [-0.4, -0.2) is 25.0 Å². The summed E-state index contributed by atoms with van der Waals surface area (Å²) in [5.41, 5.74) is 4.34. The van der Waals surface area contributed by atoms with Gasteiger partial charge in [0.1, 0.15) is 17.3 Å². The average Bonchev–Trinajstić information content (AvgIpc) is 2.58. The summed E-state index contributed by atoms with van der Waals surface area (Å²) >= 11 is 5.88. The lowest BCUT2D eigenvalue weighted by Crippen LogP contribution is -2.45. The van der Waals surface area contributed by atoms with E-state index in [1.54, 1.807) is 24.3 Å². The molecule has 0 fully saturated rings. The highest BCUT2D eigenvalue weighted by atomic mass is 35.5. The molecule has 0 radical (unpaired) electrons. The number of hydrazine groups is 1. The van der Waals surface area contributed by atoms with Crippen LogP contribution in [0.25, 0.3) is 0 Å². The topological polar surface area (TPSA) is 76.7 Å². The Kier molecular flexibility index (Phi) is 6.39. The van der Waals surface area contributed by atoms with Crippen LogP contribution in [0.3, 0.4) is 0 Å². The molecule has 0 unspecified atom stereocenters. The van der Waals surface area contributed by atoms with Crippen molar-refractivity contribution in [1.82, 2.24) is 10.9 Å². The van der Waals surface area contributed by atoms with Gasteiger partial charge in [0.25, 0.3) is 11.8 Å². The summed E-state index contributed by atoms with van der Waals surface area (Å²) in [4.78, 5) is 23.1. The predicted molar refractivity (Wildman–Crippen MR) is 85.1 cm³/mol. The van der Waals surface area contributed by atoms with Crippen LogP contribution in [0.2, 0.25) is 5.02 Å². The number of ether oxygens (including phenoxy) is 2. The van der Waals surface area contributed by atoms with E-state index in [2.05, 4.69) is 10.9 Å². The smallest absolute Gasteiger partial charge is 0.276 e. The number of carbonyl (C=O) groups is 2. The first-order valence-corrected chi connectivity index (χ1v) is 7.26. The molecule has 8 heteroatoms. The first-order chi connectivity index (χ1) is 11.5. The zero-order valence-electron chi connectivity index (χ0n) is 12.4. The summed E-state index contributed by atoms with van der Waals surface area (Å²) in [6, 6.07) is 11.9. The third kappa shape index (κ3) is 5.77. The maximum absolute atomic E-state index is 12.7. The fourth-order valence-electron chi connectivity index (χ4n) is 1.60. The quantitative estimate of drug-likeness (QED) is 0.780. The van der Waals surface area contributed by atoms with Crippen molar-refractivity contribution in [2.45, 2.75) is 0 Å². The van der Waals surface area contributed by atoms with Crippen molar-refractivity contribution in [3.63, 3.8) is 0 Å². The maximum Gasteiger partial charge on any atom is 0.276 e. The van der Waals surface area contributed by atoms with Crippen LogP contribution in [0, 0.1) is 5.82 Å². The zero-order chi connectivity index (χ0) is 17.4. The highest BCUT2D eigenvalue weighted by Gasteiger charge is 2.08. The molecule has 0 bridgehead atoms. The molecule has 2 aromatic carbocycles. The summed E-state index contributed by atoms with van der Waals surface area (Å²) in [5.74, 6) is -0.853. The molecule has 0 spiro atoms. The molecule has 126 valence electrons. The molecule has 0 saturated carbocycles. The van der Waals surface area contributed by atoms with Crippen molar-refractivity contribution in [3.05, 3.63) is 59.4 Å². The second-order valence-corrected chi connectivity index (χ2v) is 4.97. The van der Waals surface area contributed by atoms with Gasteiger partial charge in [-0.1, -0.05) is 23.7 Å². The Morgan fingerprint density at radius 3 is 2.12 bits per heavy atom. The third-order valence-electron chi connectivity index (χ3n) is 2.72. The fourth-order valence-corrected chi connectivity index (χ4v) is 1.79. The van der Waals surface area contributed by atoms with Gasteiger partial charge >= 0.3 is 0 Å². The largest absolute Gasteiger partial charge is 0.484 e. The molecule has 24 heavy (non-hydrogen) atoms. The summed E-state index contributed by atoms with van der Waals surface area (Å²) < 4.78 is 23.0. The molecule has 0 aliphatic rings. The molecule has 0 heterocycles. The number of hydrogen-bond donors (Lipinski definition) is 2.